The topological polar surface area (TPSA) is 143 Å². The molecule has 0 radical (unpaired) electrons. The standard InChI is InChI=1S/C16H25N3O7S2/c1-11(15(21)19-7-9-27(22,23)10-8-19)17-14(20)12-5-6-13(26-12)28(24,25)18-16(2,3)4/h5-6,11,18H,7-10H2,1-4H3,(H,17,20). The third-order valence-electron chi connectivity index (χ3n) is 3.88. The summed E-state index contributed by atoms with van der Waals surface area (Å²) in [5.41, 5.74) is -0.725. The minimum Gasteiger partial charge on any atom is -0.438 e. The number of rotatable bonds is 5. The molecule has 1 fully saturated rings. The molecule has 1 aromatic heterocycles. The van der Waals surface area contributed by atoms with Crippen LogP contribution in [0.15, 0.2) is 21.6 Å². The van der Waals surface area contributed by atoms with E-state index in [1.807, 2.05) is 0 Å². The minimum atomic E-state index is -3.93. The number of sulfone groups is 1. The molecule has 0 spiro atoms. The smallest absolute Gasteiger partial charge is 0.287 e. The lowest BCUT2D eigenvalue weighted by Gasteiger charge is -2.29. The van der Waals surface area contributed by atoms with Crippen LogP contribution in [-0.4, -0.2) is 69.7 Å². The van der Waals surface area contributed by atoms with Crippen LogP contribution in [0.25, 0.3) is 0 Å². The zero-order valence-electron chi connectivity index (χ0n) is 16.2. The number of hydrogen-bond donors (Lipinski definition) is 2. The van der Waals surface area contributed by atoms with Gasteiger partial charge >= 0.3 is 0 Å². The number of carbonyl (C=O) groups is 2. The zero-order chi connectivity index (χ0) is 21.3. The Kier molecular flexibility index (Phi) is 6.26. The third-order valence-corrected chi connectivity index (χ3v) is 7.12. The highest BCUT2D eigenvalue weighted by Gasteiger charge is 2.30. The first kappa shape index (κ1) is 22.4. The van der Waals surface area contributed by atoms with Crippen molar-refractivity contribution in [3.8, 4) is 0 Å². The van der Waals surface area contributed by atoms with Gasteiger partial charge in [-0.05, 0) is 39.8 Å². The molecule has 158 valence electrons. The number of carbonyl (C=O) groups excluding carboxylic acids is 2. The largest absolute Gasteiger partial charge is 0.438 e. The molecular formula is C16H25N3O7S2. The van der Waals surface area contributed by atoms with Gasteiger partial charge in [-0.1, -0.05) is 0 Å². The highest BCUT2D eigenvalue weighted by atomic mass is 32.2. The second kappa shape index (κ2) is 7.84. The number of hydrogen-bond acceptors (Lipinski definition) is 7. The van der Waals surface area contributed by atoms with Gasteiger partial charge in [0.1, 0.15) is 6.04 Å². The van der Waals surface area contributed by atoms with Crippen LogP contribution in [-0.2, 0) is 24.7 Å². The van der Waals surface area contributed by atoms with Crippen LogP contribution in [0.1, 0.15) is 38.2 Å². The fourth-order valence-corrected chi connectivity index (χ4v) is 5.13. The third kappa shape index (κ3) is 5.79. The van der Waals surface area contributed by atoms with E-state index in [9.17, 15) is 26.4 Å². The predicted molar refractivity (Wildman–Crippen MR) is 101 cm³/mol. The second-order valence-corrected chi connectivity index (χ2v) is 11.6. The summed E-state index contributed by atoms with van der Waals surface area (Å²) in [5, 5.41) is 2.03. The number of nitrogens with zero attached hydrogens (tertiary/aromatic N) is 1. The monoisotopic (exact) mass is 435 g/mol. The molecule has 28 heavy (non-hydrogen) atoms. The van der Waals surface area contributed by atoms with Gasteiger partial charge < -0.3 is 14.6 Å². The van der Waals surface area contributed by atoms with Gasteiger partial charge in [-0.3, -0.25) is 9.59 Å². The molecular weight excluding hydrogens is 410 g/mol. The average molecular weight is 436 g/mol. The molecule has 2 heterocycles. The van der Waals surface area contributed by atoms with Gasteiger partial charge in [-0.25, -0.2) is 21.6 Å². The Labute approximate surface area is 164 Å². The molecule has 0 aliphatic carbocycles. The molecule has 1 aromatic rings. The Hall–Kier alpha value is -1.92. The summed E-state index contributed by atoms with van der Waals surface area (Å²) in [6.07, 6.45) is 0. The van der Waals surface area contributed by atoms with Crippen LogP contribution in [0.5, 0.6) is 0 Å². The SMILES string of the molecule is CC(NC(=O)c1ccc(S(=O)(=O)NC(C)(C)C)o1)C(=O)N1CCS(=O)(=O)CC1. The molecule has 1 aliphatic heterocycles. The van der Waals surface area contributed by atoms with Crippen molar-refractivity contribution in [2.45, 2.75) is 44.4 Å². The Bertz CT molecular complexity index is 945. The maximum atomic E-state index is 12.4. The Morgan fingerprint density at radius 3 is 2.29 bits per heavy atom. The van der Waals surface area contributed by atoms with Gasteiger partial charge in [0.25, 0.3) is 15.9 Å². The zero-order valence-corrected chi connectivity index (χ0v) is 17.8. The lowest BCUT2D eigenvalue weighted by molar-refractivity contribution is -0.132. The summed E-state index contributed by atoms with van der Waals surface area (Å²) in [6.45, 7) is 6.61. The van der Waals surface area contributed by atoms with E-state index in [1.165, 1.54) is 17.9 Å². The van der Waals surface area contributed by atoms with Crippen LogP contribution >= 0.6 is 0 Å². The van der Waals surface area contributed by atoms with Gasteiger partial charge in [0.2, 0.25) is 11.0 Å². The van der Waals surface area contributed by atoms with Crippen LogP contribution in [0, 0.1) is 0 Å². The molecule has 12 heteroatoms. The van der Waals surface area contributed by atoms with E-state index >= 15 is 0 Å². The minimum absolute atomic E-state index is 0.0724. The first-order valence-electron chi connectivity index (χ1n) is 8.64. The Morgan fingerprint density at radius 2 is 1.75 bits per heavy atom. The molecule has 2 amide bonds. The van der Waals surface area contributed by atoms with E-state index in [0.29, 0.717) is 0 Å². The number of nitrogens with one attached hydrogen (secondary N) is 2. The van der Waals surface area contributed by atoms with Gasteiger partial charge in [-0.2, -0.15) is 0 Å². The molecule has 10 nitrogen and oxygen atoms in total. The highest BCUT2D eigenvalue weighted by Crippen LogP contribution is 2.16. The quantitative estimate of drug-likeness (QED) is 0.648. The van der Waals surface area contributed by atoms with Crippen LogP contribution in [0.2, 0.25) is 0 Å². The molecule has 0 saturated carbocycles. The van der Waals surface area contributed by atoms with Crippen LogP contribution < -0.4 is 10.0 Å². The van der Waals surface area contributed by atoms with Gasteiger partial charge in [-0.15, -0.1) is 0 Å². The first-order chi connectivity index (χ1) is 12.7. The molecule has 2 rings (SSSR count). The Balaban J connectivity index is 2.01. The summed E-state index contributed by atoms with van der Waals surface area (Å²) >= 11 is 0. The normalized spacial score (nSPS) is 18.5. The number of amides is 2. The molecule has 1 saturated heterocycles. The van der Waals surface area contributed by atoms with E-state index in [2.05, 4.69) is 10.0 Å². The average Bonchev–Trinajstić information content (AvgIpc) is 3.03. The predicted octanol–water partition coefficient (Wildman–Crippen LogP) is -0.268. The van der Waals surface area contributed by atoms with Crippen molar-refractivity contribution < 1.29 is 30.8 Å². The summed E-state index contributed by atoms with van der Waals surface area (Å²) in [4.78, 5) is 26.0. The van der Waals surface area contributed by atoms with Crippen molar-refractivity contribution in [3.05, 3.63) is 17.9 Å². The highest BCUT2D eigenvalue weighted by molar-refractivity contribution is 7.91. The maximum absolute atomic E-state index is 12.4. The van der Waals surface area contributed by atoms with Crippen LogP contribution in [0.3, 0.4) is 0 Å². The maximum Gasteiger partial charge on any atom is 0.287 e. The lowest BCUT2D eigenvalue weighted by Crippen LogP contribution is -2.51. The molecule has 0 aromatic carbocycles. The Morgan fingerprint density at radius 1 is 1.18 bits per heavy atom. The van der Waals surface area contributed by atoms with Crippen molar-refractivity contribution >= 4 is 31.7 Å². The van der Waals surface area contributed by atoms with Crippen molar-refractivity contribution in [1.29, 1.82) is 0 Å². The first-order valence-corrected chi connectivity index (χ1v) is 11.9. The molecule has 2 N–H and O–H groups in total. The summed E-state index contributed by atoms with van der Waals surface area (Å²) in [5.74, 6) is -1.64. The van der Waals surface area contributed by atoms with E-state index in [1.54, 1.807) is 20.8 Å². The van der Waals surface area contributed by atoms with Crippen molar-refractivity contribution in [2.24, 2.45) is 0 Å². The van der Waals surface area contributed by atoms with E-state index in [4.69, 9.17) is 4.42 Å². The lowest BCUT2D eigenvalue weighted by atomic mass is 10.1. The molecule has 1 aliphatic rings. The van der Waals surface area contributed by atoms with E-state index in [-0.39, 0.29) is 30.4 Å². The molecule has 1 atom stereocenters. The summed E-state index contributed by atoms with van der Waals surface area (Å²) < 4.78 is 54.9. The van der Waals surface area contributed by atoms with Crippen molar-refractivity contribution in [2.75, 3.05) is 24.6 Å². The molecule has 0 bridgehead atoms. The number of furan rings is 1. The van der Waals surface area contributed by atoms with Gasteiger partial charge in [0, 0.05) is 18.6 Å². The summed E-state index contributed by atoms with van der Waals surface area (Å²) in [6, 6.07) is 1.44. The van der Waals surface area contributed by atoms with Crippen molar-refractivity contribution in [3.63, 3.8) is 0 Å². The number of sulfonamides is 1. The van der Waals surface area contributed by atoms with Gasteiger partial charge in [0.05, 0.1) is 11.5 Å². The second-order valence-electron chi connectivity index (χ2n) is 7.65. The fourth-order valence-electron chi connectivity index (χ4n) is 2.58. The van der Waals surface area contributed by atoms with Gasteiger partial charge in [0.15, 0.2) is 15.6 Å². The van der Waals surface area contributed by atoms with E-state index in [0.717, 1.165) is 6.07 Å². The van der Waals surface area contributed by atoms with E-state index < -0.39 is 48.3 Å². The summed E-state index contributed by atoms with van der Waals surface area (Å²) in [7, 11) is -7.06. The molecule has 1 unspecified atom stereocenters. The van der Waals surface area contributed by atoms with Crippen molar-refractivity contribution in [1.82, 2.24) is 14.9 Å². The fraction of sp³-hybridized carbons (Fsp3) is 0.625. The van der Waals surface area contributed by atoms with Crippen LogP contribution in [0.4, 0.5) is 0 Å².